The first-order valence-electron chi connectivity index (χ1n) is 7.86. The molecule has 0 aliphatic heterocycles. The average Bonchev–Trinajstić information content (AvgIpc) is 2.52. The third-order valence-corrected chi connectivity index (χ3v) is 4.23. The summed E-state index contributed by atoms with van der Waals surface area (Å²) < 4.78 is 28.2. The van der Waals surface area contributed by atoms with E-state index >= 15 is 0 Å². The minimum atomic E-state index is -1.89. The Morgan fingerprint density at radius 2 is 1.61 bits per heavy atom. The van der Waals surface area contributed by atoms with Crippen LogP contribution in [0.5, 0.6) is 0 Å². The molecule has 0 unspecified atom stereocenters. The van der Waals surface area contributed by atoms with E-state index in [0.29, 0.717) is 11.5 Å². The van der Waals surface area contributed by atoms with Crippen molar-refractivity contribution in [1.82, 2.24) is 0 Å². The second-order valence-corrected chi connectivity index (χ2v) is 5.98. The molecule has 122 valence electrons. The minimum Gasteiger partial charge on any atom is -0.423 e. The van der Waals surface area contributed by atoms with Gasteiger partial charge in [-0.1, -0.05) is 44.5 Å². The highest BCUT2D eigenvalue weighted by Crippen LogP contribution is 2.26. The van der Waals surface area contributed by atoms with Crippen LogP contribution in [0.15, 0.2) is 36.4 Å². The molecule has 1 atom stereocenters. The van der Waals surface area contributed by atoms with Gasteiger partial charge in [-0.3, -0.25) is 0 Å². The smallest absolute Gasteiger partial charge is 0.423 e. The molecule has 23 heavy (non-hydrogen) atoms. The van der Waals surface area contributed by atoms with E-state index in [0.717, 1.165) is 37.0 Å². The summed E-state index contributed by atoms with van der Waals surface area (Å²) in [4.78, 5) is 0. The molecule has 0 fully saturated rings. The average molecular weight is 318 g/mol. The Kier molecular flexibility index (Phi) is 5.91. The third-order valence-electron chi connectivity index (χ3n) is 4.23. The van der Waals surface area contributed by atoms with Gasteiger partial charge in [-0.15, -0.1) is 0 Å². The third kappa shape index (κ3) is 4.39. The van der Waals surface area contributed by atoms with Crippen molar-refractivity contribution in [2.24, 2.45) is 5.92 Å². The zero-order chi connectivity index (χ0) is 17.0. The lowest BCUT2D eigenvalue weighted by Gasteiger charge is -2.10. The molecule has 0 bridgehead atoms. The molecule has 0 amide bonds. The predicted octanol–water partition coefficient (Wildman–Crippen LogP) is 3.29. The van der Waals surface area contributed by atoms with E-state index in [1.807, 2.05) is 12.1 Å². The van der Waals surface area contributed by atoms with Gasteiger partial charge in [0.25, 0.3) is 0 Å². The molecular weight excluding hydrogens is 297 g/mol. The van der Waals surface area contributed by atoms with Gasteiger partial charge in [0.2, 0.25) is 0 Å². The lowest BCUT2D eigenvalue weighted by molar-refractivity contribution is 0.425. The fraction of sp³-hybridized carbons (Fsp3) is 0.333. The van der Waals surface area contributed by atoms with E-state index in [1.54, 1.807) is 12.1 Å². The van der Waals surface area contributed by atoms with Crippen LogP contribution in [-0.4, -0.2) is 17.2 Å². The van der Waals surface area contributed by atoms with Gasteiger partial charge in [-0.05, 0) is 47.5 Å². The molecule has 2 nitrogen and oxygen atoms in total. The van der Waals surface area contributed by atoms with Gasteiger partial charge >= 0.3 is 7.12 Å². The van der Waals surface area contributed by atoms with Gasteiger partial charge < -0.3 is 10.0 Å². The summed E-state index contributed by atoms with van der Waals surface area (Å²) in [6, 6.07) is 9.04. The molecule has 2 aromatic carbocycles. The highest BCUT2D eigenvalue weighted by Gasteiger charge is 2.19. The molecule has 0 saturated heterocycles. The van der Waals surface area contributed by atoms with Crippen LogP contribution in [0.3, 0.4) is 0 Å². The Balaban J connectivity index is 2.22. The second-order valence-electron chi connectivity index (χ2n) is 5.98. The van der Waals surface area contributed by atoms with Crippen LogP contribution >= 0.6 is 0 Å². The summed E-state index contributed by atoms with van der Waals surface area (Å²) in [5.41, 5.74) is 1.22. The van der Waals surface area contributed by atoms with Crippen molar-refractivity contribution in [3.63, 3.8) is 0 Å². The monoisotopic (exact) mass is 318 g/mol. The van der Waals surface area contributed by atoms with Crippen molar-refractivity contribution in [2.45, 2.75) is 33.1 Å². The van der Waals surface area contributed by atoms with E-state index < -0.39 is 18.8 Å². The van der Waals surface area contributed by atoms with Crippen molar-refractivity contribution >= 4 is 12.6 Å². The van der Waals surface area contributed by atoms with Crippen molar-refractivity contribution in [3.8, 4) is 11.1 Å². The lowest BCUT2D eigenvalue weighted by atomic mass is 9.79. The van der Waals surface area contributed by atoms with Crippen LogP contribution in [0, 0.1) is 17.6 Å². The van der Waals surface area contributed by atoms with Gasteiger partial charge in [0.05, 0.1) is 5.56 Å². The maximum Gasteiger partial charge on any atom is 0.488 e. The Bertz CT molecular complexity index is 634. The molecule has 2 aromatic rings. The second kappa shape index (κ2) is 7.71. The Hall–Kier alpha value is -1.72. The largest absolute Gasteiger partial charge is 0.488 e. The van der Waals surface area contributed by atoms with Crippen LogP contribution in [0.25, 0.3) is 11.1 Å². The standard InChI is InChI=1S/C18H21BF2O2/c1-3-12(2)4-5-13-6-8-14(9-7-13)18-16(20)10-15(19(22)23)11-17(18)21/h6-12,22-23H,3-5H2,1-2H3/t12-/m1/s1. The molecule has 0 aliphatic carbocycles. The Labute approximate surface area is 135 Å². The first kappa shape index (κ1) is 17.6. The zero-order valence-electron chi connectivity index (χ0n) is 13.4. The molecule has 0 radical (unpaired) electrons. The first-order chi connectivity index (χ1) is 10.9. The lowest BCUT2D eigenvalue weighted by Crippen LogP contribution is -2.30. The maximum absolute atomic E-state index is 14.1. The zero-order valence-corrected chi connectivity index (χ0v) is 13.4. The SMILES string of the molecule is CC[C@@H](C)CCc1ccc(-c2c(F)cc(B(O)O)cc2F)cc1. The summed E-state index contributed by atoms with van der Waals surface area (Å²) in [6.07, 6.45) is 3.16. The van der Waals surface area contributed by atoms with Crippen molar-refractivity contribution in [2.75, 3.05) is 0 Å². The summed E-state index contributed by atoms with van der Waals surface area (Å²) in [5, 5.41) is 18.0. The van der Waals surface area contributed by atoms with E-state index in [2.05, 4.69) is 13.8 Å². The fourth-order valence-electron chi connectivity index (χ4n) is 2.47. The molecule has 2 rings (SSSR count). The molecular formula is C18H21BF2O2. The van der Waals surface area contributed by atoms with E-state index in [-0.39, 0.29) is 11.0 Å². The summed E-state index contributed by atoms with van der Waals surface area (Å²) in [7, 11) is -1.89. The van der Waals surface area contributed by atoms with Gasteiger partial charge in [0, 0.05) is 0 Å². The summed E-state index contributed by atoms with van der Waals surface area (Å²) in [6.45, 7) is 4.36. The fourth-order valence-corrected chi connectivity index (χ4v) is 2.47. The van der Waals surface area contributed by atoms with Crippen LogP contribution in [-0.2, 0) is 6.42 Å². The van der Waals surface area contributed by atoms with Gasteiger partial charge in [-0.2, -0.15) is 0 Å². The molecule has 2 N–H and O–H groups in total. The predicted molar refractivity (Wildman–Crippen MR) is 89.4 cm³/mol. The quantitative estimate of drug-likeness (QED) is 0.803. The van der Waals surface area contributed by atoms with Crippen LogP contribution in [0.1, 0.15) is 32.3 Å². The molecule has 0 aromatic heterocycles. The summed E-state index contributed by atoms with van der Waals surface area (Å²) >= 11 is 0. The first-order valence-corrected chi connectivity index (χ1v) is 7.86. The van der Waals surface area contributed by atoms with Gasteiger partial charge in [0.15, 0.2) is 0 Å². The number of benzene rings is 2. The number of aryl methyl sites for hydroxylation is 1. The molecule has 0 saturated carbocycles. The Morgan fingerprint density at radius 3 is 2.09 bits per heavy atom. The molecule has 0 spiro atoms. The van der Waals surface area contributed by atoms with Gasteiger partial charge in [-0.25, -0.2) is 8.78 Å². The van der Waals surface area contributed by atoms with Gasteiger partial charge in [0.1, 0.15) is 11.6 Å². The normalized spacial score (nSPS) is 12.3. The van der Waals surface area contributed by atoms with Crippen LogP contribution < -0.4 is 5.46 Å². The Morgan fingerprint density at radius 1 is 1.04 bits per heavy atom. The van der Waals surface area contributed by atoms with Crippen LogP contribution in [0.2, 0.25) is 0 Å². The van der Waals surface area contributed by atoms with E-state index in [4.69, 9.17) is 10.0 Å². The topological polar surface area (TPSA) is 40.5 Å². The molecule has 0 aliphatic rings. The van der Waals surface area contributed by atoms with E-state index in [9.17, 15) is 8.78 Å². The van der Waals surface area contributed by atoms with Crippen molar-refractivity contribution in [3.05, 3.63) is 53.6 Å². The molecule has 0 heterocycles. The number of halogens is 2. The minimum absolute atomic E-state index is 0.150. The van der Waals surface area contributed by atoms with Crippen LogP contribution in [0.4, 0.5) is 8.78 Å². The number of hydrogen-bond donors (Lipinski definition) is 2. The van der Waals surface area contributed by atoms with Crippen molar-refractivity contribution in [1.29, 1.82) is 0 Å². The maximum atomic E-state index is 14.1. The number of rotatable bonds is 6. The van der Waals surface area contributed by atoms with E-state index in [1.165, 1.54) is 0 Å². The molecule has 5 heteroatoms. The summed E-state index contributed by atoms with van der Waals surface area (Å²) in [5.74, 6) is -0.956. The van der Waals surface area contributed by atoms with Crippen molar-refractivity contribution < 1.29 is 18.8 Å². The highest BCUT2D eigenvalue weighted by atomic mass is 19.1. The number of hydrogen-bond acceptors (Lipinski definition) is 2. The highest BCUT2D eigenvalue weighted by molar-refractivity contribution is 6.58.